The number of carbonyl (C=O) groups excluding carboxylic acids is 1. The van der Waals surface area contributed by atoms with E-state index in [1.165, 1.54) is 0 Å². The number of rotatable bonds is 5. The van der Waals surface area contributed by atoms with Gasteiger partial charge in [0, 0.05) is 18.2 Å². The van der Waals surface area contributed by atoms with Gasteiger partial charge < -0.3 is 10.6 Å². The van der Waals surface area contributed by atoms with Gasteiger partial charge >= 0.3 is 0 Å². The summed E-state index contributed by atoms with van der Waals surface area (Å²) in [6.07, 6.45) is 0. The molecule has 0 saturated heterocycles. The van der Waals surface area contributed by atoms with E-state index in [-0.39, 0.29) is 5.91 Å². The molecule has 1 amide bonds. The lowest BCUT2D eigenvalue weighted by Gasteiger charge is -2.12. The monoisotopic (exact) mass is 170 g/mol. The van der Waals surface area contributed by atoms with Crippen LogP contribution in [0.5, 0.6) is 0 Å². The average molecular weight is 170 g/mol. The number of hydrogen-bond donors (Lipinski definition) is 2. The number of likely N-dealkylation sites (N-methyl/N-ethyl adjacent to an activating group) is 1. The van der Waals surface area contributed by atoms with Gasteiger partial charge in [-0.1, -0.05) is 13.5 Å². The summed E-state index contributed by atoms with van der Waals surface area (Å²) < 4.78 is 0. The maximum absolute atomic E-state index is 11.0. The van der Waals surface area contributed by atoms with Crippen LogP contribution in [0.4, 0.5) is 0 Å². The van der Waals surface area contributed by atoms with Crippen molar-refractivity contribution in [3.63, 3.8) is 0 Å². The van der Waals surface area contributed by atoms with Gasteiger partial charge in [0.05, 0.1) is 0 Å². The van der Waals surface area contributed by atoms with Crippen molar-refractivity contribution in [1.29, 1.82) is 0 Å². The van der Waals surface area contributed by atoms with Gasteiger partial charge in [0.25, 0.3) is 0 Å². The van der Waals surface area contributed by atoms with Crippen molar-refractivity contribution in [2.24, 2.45) is 0 Å². The number of amides is 1. The van der Waals surface area contributed by atoms with E-state index in [4.69, 9.17) is 0 Å². The summed E-state index contributed by atoms with van der Waals surface area (Å²) in [5, 5.41) is 5.96. The Kier molecular flexibility index (Phi) is 5.37. The molecular formula is C9H18N2O. The lowest BCUT2D eigenvalue weighted by Crippen LogP contribution is -2.38. The Labute approximate surface area is 74.2 Å². The Balaban J connectivity index is 3.54. The summed E-state index contributed by atoms with van der Waals surface area (Å²) >= 11 is 0. The van der Waals surface area contributed by atoms with Crippen LogP contribution in [0.25, 0.3) is 0 Å². The highest BCUT2D eigenvalue weighted by atomic mass is 16.1. The fourth-order valence-electron chi connectivity index (χ4n) is 0.817. The van der Waals surface area contributed by atoms with Crippen molar-refractivity contribution in [3.8, 4) is 0 Å². The molecule has 1 unspecified atom stereocenters. The molecule has 0 aromatic carbocycles. The molecule has 0 aromatic heterocycles. The molecule has 0 aromatic rings. The van der Waals surface area contributed by atoms with Crippen molar-refractivity contribution in [2.45, 2.75) is 26.8 Å². The lowest BCUT2D eigenvalue weighted by atomic mass is 10.3. The molecule has 0 fully saturated rings. The van der Waals surface area contributed by atoms with Crippen LogP contribution in [0.15, 0.2) is 12.2 Å². The van der Waals surface area contributed by atoms with Crippen LogP contribution in [0.1, 0.15) is 20.8 Å². The van der Waals surface area contributed by atoms with Crippen molar-refractivity contribution in [3.05, 3.63) is 12.2 Å². The van der Waals surface area contributed by atoms with E-state index in [1.54, 1.807) is 6.92 Å². The first-order chi connectivity index (χ1) is 5.57. The molecular weight excluding hydrogens is 152 g/mol. The van der Waals surface area contributed by atoms with Crippen molar-refractivity contribution >= 4 is 5.91 Å². The van der Waals surface area contributed by atoms with E-state index in [9.17, 15) is 4.79 Å². The van der Waals surface area contributed by atoms with E-state index >= 15 is 0 Å². The third-order valence-electron chi connectivity index (χ3n) is 1.51. The Hall–Kier alpha value is -0.830. The Bertz CT molecular complexity index is 166. The van der Waals surface area contributed by atoms with Gasteiger partial charge in [0.15, 0.2) is 0 Å². The molecule has 2 N–H and O–H groups in total. The SMILES string of the molecule is C=C(C)C(=O)NCC(C)NCC. The molecule has 0 rings (SSSR count). The smallest absolute Gasteiger partial charge is 0.246 e. The zero-order valence-corrected chi connectivity index (χ0v) is 8.11. The van der Waals surface area contributed by atoms with Crippen LogP contribution in [0.2, 0.25) is 0 Å². The number of nitrogens with one attached hydrogen (secondary N) is 2. The molecule has 3 nitrogen and oxygen atoms in total. The van der Waals surface area contributed by atoms with Gasteiger partial charge in [-0.25, -0.2) is 0 Å². The van der Waals surface area contributed by atoms with E-state index < -0.39 is 0 Å². The zero-order chi connectivity index (χ0) is 9.56. The second-order valence-corrected chi connectivity index (χ2v) is 2.95. The van der Waals surface area contributed by atoms with Gasteiger partial charge in [-0.2, -0.15) is 0 Å². The van der Waals surface area contributed by atoms with Crippen molar-refractivity contribution in [2.75, 3.05) is 13.1 Å². The summed E-state index contributed by atoms with van der Waals surface area (Å²) in [5.74, 6) is -0.0697. The van der Waals surface area contributed by atoms with Crippen LogP contribution in [-0.2, 0) is 4.79 Å². The first kappa shape index (κ1) is 11.2. The minimum absolute atomic E-state index is 0.0697. The summed E-state index contributed by atoms with van der Waals surface area (Å²) in [6, 6.07) is 0.318. The maximum atomic E-state index is 11.0. The maximum Gasteiger partial charge on any atom is 0.246 e. The molecule has 0 saturated carbocycles. The minimum atomic E-state index is -0.0697. The molecule has 0 aliphatic carbocycles. The fraction of sp³-hybridized carbons (Fsp3) is 0.667. The summed E-state index contributed by atoms with van der Waals surface area (Å²) in [6.45, 7) is 10.9. The van der Waals surface area contributed by atoms with Gasteiger partial charge in [0.1, 0.15) is 0 Å². The summed E-state index contributed by atoms with van der Waals surface area (Å²) in [7, 11) is 0. The minimum Gasteiger partial charge on any atom is -0.351 e. The summed E-state index contributed by atoms with van der Waals surface area (Å²) in [4.78, 5) is 11.0. The molecule has 0 spiro atoms. The normalized spacial score (nSPS) is 12.2. The third kappa shape index (κ3) is 4.91. The predicted molar refractivity (Wildman–Crippen MR) is 51.0 cm³/mol. The van der Waals surface area contributed by atoms with Gasteiger partial charge in [-0.3, -0.25) is 4.79 Å². The molecule has 0 heterocycles. The van der Waals surface area contributed by atoms with Gasteiger partial charge in [0.2, 0.25) is 5.91 Å². The zero-order valence-electron chi connectivity index (χ0n) is 8.11. The van der Waals surface area contributed by atoms with Crippen molar-refractivity contribution < 1.29 is 4.79 Å². The molecule has 0 radical (unpaired) electrons. The highest BCUT2D eigenvalue weighted by Gasteiger charge is 2.03. The van der Waals surface area contributed by atoms with Crippen LogP contribution in [-0.4, -0.2) is 25.0 Å². The molecule has 0 bridgehead atoms. The fourth-order valence-corrected chi connectivity index (χ4v) is 0.817. The predicted octanol–water partition coefficient (Wildman–Crippen LogP) is 0.677. The second-order valence-electron chi connectivity index (χ2n) is 2.95. The van der Waals surface area contributed by atoms with Crippen molar-refractivity contribution in [1.82, 2.24) is 10.6 Å². The standard InChI is InChI=1S/C9H18N2O/c1-5-10-8(4)6-11-9(12)7(2)3/h8,10H,2,5-6H2,1,3-4H3,(H,11,12). The van der Waals surface area contributed by atoms with Gasteiger partial charge in [-0.05, 0) is 20.4 Å². The molecule has 70 valence electrons. The highest BCUT2D eigenvalue weighted by Crippen LogP contribution is 1.86. The number of carbonyl (C=O) groups is 1. The molecule has 1 atom stereocenters. The Morgan fingerprint density at radius 2 is 2.17 bits per heavy atom. The molecule has 3 heteroatoms. The van der Waals surface area contributed by atoms with E-state index in [0.29, 0.717) is 18.2 Å². The van der Waals surface area contributed by atoms with Crippen LogP contribution < -0.4 is 10.6 Å². The summed E-state index contributed by atoms with van der Waals surface area (Å²) in [5.41, 5.74) is 0.554. The number of hydrogen-bond acceptors (Lipinski definition) is 2. The molecule has 12 heavy (non-hydrogen) atoms. The second kappa shape index (κ2) is 5.77. The van der Waals surface area contributed by atoms with Crippen LogP contribution in [0, 0.1) is 0 Å². The lowest BCUT2D eigenvalue weighted by molar-refractivity contribution is -0.117. The third-order valence-corrected chi connectivity index (χ3v) is 1.51. The topological polar surface area (TPSA) is 41.1 Å². The van der Waals surface area contributed by atoms with Crippen LogP contribution >= 0.6 is 0 Å². The first-order valence-corrected chi connectivity index (χ1v) is 4.25. The average Bonchev–Trinajstić information content (AvgIpc) is 2.00. The Morgan fingerprint density at radius 1 is 1.58 bits per heavy atom. The highest BCUT2D eigenvalue weighted by molar-refractivity contribution is 5.92. The van der Waals surface area contributed by atoms with Gasteiger partial charge in [-0.15, -0.1) is 0 Å². The molecule has 0 aliphatic heterocycles. The quantitative estimate of drug-likeness (QED) is 0.596. The van der Waals surface area contributed by atoms with E-state index in [1.807, 2.05) is 13.8 Å². The Morgan fingerprint density at radius 3 is 2.58 bits per heavy atom. The largest absolute Gasteiger partial charge is 0.351 e. The van der Waals surface area contributed by atoms with E-state index in [0.717, 1.165) is 6.54 Å². The van der Waals surface area contributed by atoms with E-state index in [2.05, 4.69) is 17.2 Å². The first-order valence-electron chi connectivity index (χ1n) is 4.25. The van der Waals surface area contributed by atoms with Crippen LogP contribution in [0.3, 0.4) is 0 Å². The molecule has 0 aliphatic rings.